The second-order valence-electron chi connectivity index (χ2n) is 8.34. The summed E-state index contributed by atoms with van der Waals surface area (Å²) >= 11 is 5.89. The summed E-state index contributed by atoms with van der Waals surface area (Å²) in [5.74, 6) is 1.62. The minimum absolute atomic E-state index is 0.00527. The Hall–Kier alpha value is -3.27. The van der Waals surface area contributed by atoms with Crippen LogP contribution in [0.5, 0.6) is 11.8 Å². The van der Waals surface area contributed by atoms with Crippen LogP contribution in [0.25, 0.3) is 6.20 Å². The number of piperidine rings is 1. The van der Waals surface area contributed by atoms with Crippen molar-refractivity contribution in [3.05, 3.63) is 53.5 Å². The molecule has 2 unspecified atom stereocenters. The number of nitrogens with zero attached hydrogens (tertiary/aromatic N) is 6. The third-order valence-electron chi connectivity index (χ3n) is 6.09. The standard InChI is InChI=1S/C22H22ClF2N7O/c1-13-6-19(27-12-26-13)31-10-14-2-3-15(11-31)20(14)28-21-29-22(32(30-21)5-4-24)33-18-8-16(23)7-17(25)9-18/h4-9,12,14-15,20H,2-3,10-11H2,1H3,(H,28,30)/b5-4+. The molecule has 2 aromatic heterocycles. The predicted molar refractivity (Wildman–Crippen MR) is 121 cm³/mol. The molecule has 1 aromatic carbocycles. The Morgan fingerprint density at radius 3 is 2.64 bits per heavy atom. The van der Waals surface area contributed by atoms with E-state index in [1.807, 2.05) is 13.0 Å². The summed E-state index contributed by atoms with van der Waals surface area (Å²) in [4.78, 5) is 15.3. The number of hydrogen-bond donors (Lipinski definition) is 1. The first-order chi connectivity index (χ1) is 16.0. The first-order valence-electron chi connectivity index (χ1n) is 10.7. The predicted octanol–water partition coefficient (Wildman–Crippen LogP) is 4.69. The van der Waals surface area contributed by atoms with Gasteiger partial charge in [0.05, 0.1) is 6.20 Å². The fraction of sp³-hybridized carbons (Fsp3) is 0.364. The molecular weight excluding hydrogens is 452 g/mol. The summed E-state index contributed by atoms with van der Waals surface area (Å²) < 4.78 is 33.4. The molecule has 5 rings (SSSR count). The van der Waals surface area contributed by atoms with Gasteiger partial charge in [0.2, 0.25) is 5.95 Å². The number of aromatic nitrogens is 5. The number of anilines is 2. The molecule has 1 aliphatic carbocycles. The van der Waals surface area contributed by atoms with Crippen LogP contribution in [0, 0.1) is 24.6 Å². The van der Waals surface area contributed by atoms with Crippen LogP contribution in [-0.2, 0) is 0 Å². The molecule has 2 fully saturated rings. The summed E-state index contributed by atoms with van der Waals surface area (Å²) in [5.41, 5.74) is 0.940. The zero-order valence-corrected chi connectivity index (χ0v) is 18.6. The molecule has 3 heterocycles. The van der Waals surface area contributed by atoms with Crippen LogP contribution in [0.3, 0.4) is 0 Å². The zero-order valence-electron chi connectivity index (χ0n) is 17.8. The van der Waals surface area contributed by atoms with Gasteiger partial charge in [0.25, 0.3) is 0 Å². The number of halogens is 3. The van der Waals surface area contributed by atoms with Crippen molar-refractivity contribution in [2.45, 2.75) is 25.8 Å². The SMILES string of the molecule is Cc1cc(N2CC3CCC(C2)C3Nc2nc(Oc3cc(F)cc(Cl)c3)n(/C=C/F)n2)ncn1. The van der Waals surface area contributed by atoms with Gasteiger partial charge in [0, 0.05) is 42.0 Å². The highest BCUT2D eigenvalue weighted by atomic mass is 35.5. The van der Waals surface area contributed by atoms with Crippen molar-refractivity contribution in [3.8, 4) is 11.8 Å². The summed E-state index contributed by atoms with van der Waals surface area (Å²) in [6, 6.07) is 5.95. The molecule has 2 bridgehead atoms. The molecule has 0 radical (unpaired) electrons. The van der Waals surface area contributed by atoms with Gasteiger partial charge in [0.15, 0.2) is 0 Å². The maximum atomic E-state index is 13.7. The fourth-order valence-corrected chi connectivity index (χ4v) is 4.90. The first kappa shape index (κ1) is 21.6. The van der Waals surface area contributed by atoms with Crippen LogP contribution in [-0.4, -0.2) is 43.9 Å². The summed E-state index contributed by atoms with van der Waals surface area (Å²) in [5, 5.41) is 7.90. The number of rotatable bonds is 6. The Labute approximate surface area is 194 Å². The monoisotopic (exact) mass is 473 g/mol. The van der Waals surface area contributed by atoms with E-state index in [0.29, 0.717) is 24.1 Å². The zero-order chi connectivity index (χ0) is 22.9. The summed E-state index contributed by atoms with van der Waals surface area (Å²) in [6.07, 6.45) is 5.16. The lowest BCUT2D eigenvalue weighted by molar-refractivity contribution is 0.374. The molecule has 3 aromatic rings. The van der Waals surface area contributed by atoms with Crippen LogP contribution >= 0.6 is 11.6 Å². The van der Waals surface area contributed by atoms with E-state index in [4.69, 9.17) is 16.3 Å². The molecule has 1 N–H and O–H groups in total. The van der Waals surface area contributed by atoms with Crippen LogP contribution in [0.2, 0.25) is 5.02 Å². The molecule has 0 amide bonds. The normalized spacial score (nSPS) is 22.2. The van der Waals surface area contributed by atoms with Gasteiger partial charge in [-0.1, -0.05) is 11.6 Å². The molecule has 33 heavy (non-hydrogen) atoms. The molecule has 172 valence electrons. The highest BCUT2D eigenvalue weighted by molar-refractivity contribution is 6.30. The van der Waals surface area contributed by atoms with Gasteiger partial charge in [-0.2, -0.15) is 9.67 Å². The van der Waals surface area contributed by atoms with Crippen LogP contribution in [0.4, 0.5) is 20.5 Å². The van der Waals surface area contributed by atoms with Crippen LogP contribution < -0.4 is 15.0 Å². The maximum absolute atomic E-state index is 13.7. The Kier molecular flexibility index (Phi) is 5.84. The van der Waals surface area contributed by atoms with Crippen molar-refractivity contribution < 1.29 is 13.5 Å². The number of nitrogens with one attached hydrogen (secondary N) is 1. The molecule has 2 aliphatic rings. The van der Waals surface area contributed by atoms with E-state index in [2.05, 4.69) is 30.3 Å². The van der Waals surface area contributed by atoms with Gasteiger partial charge in [-0.15, -0.1) is 5.10 Å². The maximum Gasteiger partial charge on any atom is 0.326 e. The number of aryl methyl sites for hydroxylation is 1. The molecule has 11 heteroatoms. The van der Waals surface area contributed by atoms with Crippen molar-refractivity contribution in [1.29, 1.82) is 0 Å². The highest BCUT2D eigenvalue weighted by Crippen LogP contribution is 2.40. The smallest absolute Gasteiger partial charge is 0.326 e. The quantitative estimate of drug-likeness (QED) is 0.556. The summed E-state index contributed by atoms with van der Waals surface area (Å²) in [7, 11) is 0. The molecule has 0 spiro atoms. The Morgan fingerprint density at radius 2 is 1.94 bits per heavy atom. The Balaban J connectivity index is 1.33. The molecule has 1 saturated carbocycles. The van der Waals surface area contributed by atoms with Crippen LogP contribution in [0.15, 0.2) is 36.9 Å². The lowest BCUT2D eigenvalue weighted by Gasteiger charge is -2.38. The lowest BCUT2D eigenvalue weighted by Crippen LogP contribution is -2.48. The molecule has 2 atom stereocenters. The number of fused-ring (bicyclic) bond motifs is 2. The molecule has 8 nitrogen and oxygen atoms in total. The second kappa shape index (κ2) is 8.93. The van der Waals surface area contributed by atoms with Crippen molar-refractivity contribution in [2.24, 2.45) is 11.8 Å². The summed E-state index contributed by atoms with van der Waals surface area (Å²) in [6.45, 7) is 3.68. The van der Waals surface area contributed by atoms with E-state index in [-0.39, 0.29) is 22.8 Å². The van der Waals surface area contributed by atoms with Crippen molar-refractivity contribution in [3.63, 3.8) is 0 Å². The van der Waals surface area contributed by atoms with Crippen molar-refractivity contribution in [1.82, 2.24) is 24.7 Å². The van der Waals surface area contributed by atoms with Gasteiger partial charge in [-0.3, -0.25) is 0 Å². The average molecular weight is 474 g/mol. The largest absolute Gasteiger partial charge is 0.424 e. The minimum Gasteiger partial charge on any atom is -0.424 e. The fourth-order valence-electron chi connectivity index (χ4n) is 4.69. The number of ether oxygens (including phenoxy) is 1. The van der Waals surface area contributed by atoms with E-state index in [9.17, 15) is 8.78 Å². The Bertz CT molecular complexity index is 1150. The first-order valence-corrected chi connectivity index (χ1v) is 11.0. The molecule has 1 aliphatic heterocycles. The number of benzene rings is 1. The second-order valence-corrected chi connectivity index (χ2v) is 8.77. The van der Waals surface area contributed by atoms with Gasteiger partial charge in [-0.05, 0) is 43.7 Å². The minimum atomic E-state index is -0.551. The van der Waals surface area contributed by atoms with Gasteiger partial charge in [-0.25, -0.2) is 18.7 Å². The topological polar surface area (TPSA) is 81.0 Å². The van der Waals surface area contributed by atoms with Crippen molar-refractivity contribution >= 4 is 29.6 Å². The van der Waals surface area contributed by atoms with E-state index < -0.39 is 5.82 Å². The highest BCUT2D eigenvalue weighted by Gasteiger charge is 2.43. The van der Waals surface area contributed by atoms with Gasteiger partial charge in [0.1, 0.15) is 30.0 Å². The van der Waals surface area contributed by atoms with Gasteiger partial charge >= 0.3 is 6.01 Å². The Morgan fingerprint density at radius 1 is 1.15 bits per heavy atom. The van der Waals surface area contributed by atoms with Crippen LogP contribution in [0.1, 0.15) is 18.5 Å². The van der Waals surface area contributed by atoms with Crippen molar-refractivity contribution in [2.75, 3.05) is 23.3 Å². The van der Waals surface area contributed by atoms with E-state index >= 15 is 0 Å². The molecular formula is C22H22ClF2N7O. The van der Waals surface area contributed by atoms with E-state index in [0.717, 1.165) is 48.3 Å². The average Bonchev–Trinajstić information content (AvgIpc) is 3.22. The molecule has 1 saturated heterocycles. The van der Waals surface area contributed by atoms with E-state index in [1.165, 1.54) is 18.2 Å². The third-order valence-corrected chi connectivity index (χ3v) is 6.30. The third kappa shape index (κ3) is 4.61. The number of hydrogen-bond acceptors (Lipinski definition) is 7. The van der Waals surface area contributed by atoms with Gasteiger partial charge < -0.3 is 15.0 Å². The van der Waals surface area contributed by atoms with E-state index in [1.54, 1.807) is 6.33 Å². The lowest BCUT2D eigenvalue weighted by atomic mass is 9.92.